The van der Waals surface area contributed by atoms with Crippen LogP contribution in [0.2, 0.25) is 5.02 Å². The minimum absolute atomic E-state index is 0.00323. The van der Waals surface area contributed by atoms with Crippen molar-refractivity contribution in [3.8, 4) is 11.8 Å². The Morgan fingerprint density at radius 2 is 1.69 bits per heavy atom. The van der Waals surface area contributed by atoms with Gasteiger partial charge in [0, 0.05) is 0 Å². The van der Waals surface area contributed by atoms with Crippen LogP contribution in [-0.4, -0.2) is 34.6 Å². The number of para-hydroxylation sites is 1. The monoisotopic (exact) mass is 470 g/mol. The van der Waals surface area contributed by atoms with Crippen molar-refractivity contribution in [1.82, 2.24) is 0 Å². The Bertz CT molecular complexity index is 1250. The lowest BCUT2D eigenvalue weighted by Gasteiger charge is -2.26. The summed E-state index contributed by atoms with van der Waals surface area (Å²) in [6.45, 7) is -0.0850. The summed E-state index contributed by atoms with van der Waals surface area (Å²) in [5.41, 5.74) is 0.648. The van der Waals surface area contributed by atoms with E-state index in [9.17, 15) is 13.2 Å². The van der Waals surface area contributed by atoms with Crippen molar-refractivity contribution in [1.29, 1.82) is 5.26 Å². The molecular weight excluding hydrogens is 452 g/mol. The van der Waals surface area contributed by atoms with E-state index < -0.39 is 16.0 Å². The molecular formula is C23H19ClN2O5S. The summed E-state index contributed by atoms with van der Waals surface area (Å²) < 4.78 is 38.8. The van der Waals surface area contributed by atoms with Gasteiger partial charge in [-0.25, -0.2) is 13.2 Å². The fraction of sp³-hybridized carbons (Fsp3) is 0.130. The molecule has 0 amide bonds. The second kappa shape index (κ2) is 10.2. The van der Waals surface area contributed by atoms with Crippen LogP contribution in [-0.2, 0) is 14.8 Å². The van der Waals surface area contributed by atoms with Gasteiger partial charge < -0.3 is 9.47 Å². The Hall–Kier alpha value is -3.54. The lowest BCUT2D eigenvalue weighted by molar-refractivity contribution is 0.0596. The van der Waals surface area contributed by atoms with Crippen molar-refractivity contribution < 1.29 is 22.7 Å². The van der Waals surface area contributed by atoms with Gasteiger partial charge in [0.15, 0.2) is 0 Å². The van der Waals surface area contributed by atoms with Crippen LogP contribution >= 0.6 is 11.6 Å². The SMILES string of the molecule is COC(=O)c1ccccc1S(=O)(=O)N(CCOc1ccc(C#N)cc1)c1ccccc1Cl. The molecule has 0 heterocycles. The van der Waals surface area contributed by atoms with Gasteiger partial charge in [0.2, 0.25) is 0 Å². The van der Waals surface area contributed by atoms with Gasteiger partial charge in [-0.05, 0) is 48.5 Å². The molecule has 3 rings (SSSR count). The molecule has 7 nitrogen and oxygen atoms in total. The Labute approximate surface area is 191 Å². The molecule has 0 aliphatic heterocycles. The maximum Gasteiger partial charge on any atom is 0.339 e. The zero-order chi connectivity index (χ0) is 23.1. The standard InChI is InChI=1S/C23H19ClN2O5S/c1-30-23(27)19-6-2-5-9-22(19)32(28,29)26(21-8-4-3-7-20(21)24)14-15-31-18-12-10-17(16-25)11-13-18/h2-13H,14-15H2,1H3. The van der Waals surface area contributed by atoms with E-state index in [2.05, 4.69) is 0 Å². The highest BCUT2D eigenvalue weighted by Crippen LogP contribution is 2.31. The van der Waals surface area contributed by atoms with Crippen molar-refractivity contribution in [2.24, 2.45) is 0 Å². The number of anilines is 1. The maximum atomic E-state index is 13.6. The minimum Gasteiger partial charge on any atom is -0.492 e. The Morgan fingerprint density at radius 1 is 1.03 bits per heavy atom. The Balaban J connectivity index is 1.95. The van der Waals surface area contributed by atoms with Crippen molar-refractivity contribution in [2.45, 2.75) is 4.90 Å². The summed E-state index contributed by atoms with van der Waals surface area (Å²) in [6.07, 6.45) is 0. The van der Waals surface area contributed by atoms with E-state index in [-0.39, 0.29) is 34.3 Å². The zero-order valence-corrected chi connectivity index (χ0v) is 18.6. The first kappa shape index (κ1) is 23.1. The van der Waals surface area contributed by atoms with Gasteiger partial charge in [-0.1, -0.05) is 35.9 Å². The van der Waals surface area contributed by atoms with E-state index in [1.807, 2.05) is 6.07 Å². The first-order chi connectivity index (χ1) is 15.4. The molecule has 0 saturated carbocycles. The maximum absolute atomic E-state index is 13.6. The second-order valence-corrected chi connectivity index (χ2v) is 8.74. The molecule has 0 N–H and O–H groups in total. The third-order valence-corrected chi connectivity index (χ3v) is 6.72. The number of carbonyl (C=O) groups is 1. The van der Waals surface area contributed by atoms with Gasteiger partial charge >= 0.3 is 5.97 Å². The molecule has 0 aromatic heterocycles. The summed E-state index contributed by atoms with van der Waals surface area (Å²) in [5, 5.41) is 9.12. The number of hydrogen-bond acceptors (Lipinski definition) is 6. The van der Waals surface area contributed by atoms with E-state index in [1.54, 1.807) is 54.6 Å². The molecule has 32 heavy (non-hydrogen) atoms. The topological polar surface area (TPSA) is 96.7 Å². The van der Waals surface area contributed by atoms with Gasteiger partial charge in [0.25, 0.3) is 10.0 Å². The van der Waals surface area contributed by atoms with E-state index >= 15 is 0 Å². The number of sulfonamides is 1. The largest absolute Gasteiger partial charge is 0.492 e. The summed E-state index contributed by atoms with van der Waals surface area (Å²) in [5.74, 6) is -0.285. The van der Waals surface area contributed by atoms with Crippen molar-refractivity contribution in [3.05, 3.63) is 88.9 Å². The second-order valence-electron chi connectivity index (χ2n) is 6.50. The van der Waals surface area contributed by atoms with Gasteiger partial charge in [-0.2, -0.15) is 5.26 Å². The van der Waals surface area contributed by atoms with E-state index in [0.717, 1.165) is 4.31 Å². The summed E-state index contributed by atoms with van der Waals surface area (Å²) in [6, 6.07) is 20.8. The number of nitriles is 1. The quantitative estimate of drug-likeness (QED) is 0.456. The normalized spacial score (nSPS) is 10.8. The van der Waals surface area contributed by atoms with Crippen LogP contribution in [0.25, 0.3) is 0 Å². The number of halogens is 1. The van der Waals surface area contributed by atoms with E-state index in [1.165, 1.54) is 25.3 Å². The van der Waals surface area contributed by atoms with Crippen LogP contribution < -0.4 is 9.04 Å². The van der Waals surface area contributed by atoms with Crippen LogP contribution in [0, 0.1) is 11.3 Å². The number of benzene rings is 3. The van der Waals surface area contributed by atoms with Gasteiger partial charge in [0.1, 0.15) is 17.3 Å². The highest BCUT2D eigenvalue weighted by molar-refractivity contribution is 7.93. The van der Waals surface area contributed by atoms with Crippen molar-refractivity contribution >= 4 is 33.3 Å². The number of rotatable bonds is 8. The molecule has 3 aromatic carbocycles. The predicted octanol–water partition coefficient (Wildman–Crippen LogP) is 4.27. The lowest BCUT2D eigenvalue weighted by Crippen LogP contribution is -2.35. The third kappa shape index (κ3) is 5.02. The molecule has 0 atom stereocenters. The van der Waals surface area contributed by atoms with Gasteiger partial charge in [-0.15, -0.1) is 0 Å². The van der Waals surface area contributed by atoms with Crippen LogP contribution in [0.3, 0.4) is 0 Å². The van der Waals surface area contributed by atoms with Crippen LogP contribution in [0.5, 0.6) is 5.75 Å². The summed E-state index contributed by atoms with van der Waals surface area (Å²) in [4.78, 5) is 12.0. The molecule has 0 bridgehead atoms. The zero-order valence-electron chi connectivity index (χ0n) is 17.1. The first-order valence-corrected chi connectivity index (χ1v) is 11.3. The highest BCUT2D eigenvalue weighted by atomic mass is 35.5. The number of hydrogen-bond donors (Lipinski definition) is 0. The molecule has 164 valence electrons. The van der Waals surface area contributed by atoms with Crippen LogP contribution in [0.4, 0.5) is 5.69 Å². The molecule has 3 aromatic rings. The van der Waals surface area contributed by atoms with Gasteiger partial charge in [-0.3, -0.25) is 4.31 Å². The Morgan fingerprint density at radius 3 is 2.34 bits per heavy atom. The third-order valence-electron chi connectivity index (χ3n) is 4.53. The smallest absolute Gasteiger partial charge is 0.339 e. The number of esters is 1. The molecule has 0 saturated heterocycles. The number of ether oxygens (including phenoxy) is 2. The van der Waals surface area contributed by atoms with E-state index in [4.69, 9.17) is 26.3 Å². The van der Waals surface area contributed by atoms with Crippen molar-refractivity contribution in [2.75, 3.05) is 24.6 Å². The van der Waals surface area contributed by atoms with Gasteiger partial charge in [0.05, 0.1) is 41.6 Å². The average molecular weight is 471 g/mol. The molecule has 0 aliphatic rings. The fourth-order valence-electron chi connectivity index (χ4n) is 2.99. The number of methoxy groups -OCH3 is 1. The molecule has 0 aliphatic carbocycles. The molecule has 0 unspecified atom stereocenters. The summed E-state index contributed by atoms with van der Waals surface area (Å²) in [7, 11) is -3.02. The average Bonchev–Trinajstić information content (AvgIpc) is 2.82. The molecule has 0 radical (unpaired) electrons. The summed E-state index contributed by atoms with van der Waals surface area (Å²) >= 11 is 6.30. The molecule has 9 heteroatoms. The van der Waals surface area contributed by atoms with Crippen LogP contribution in [0.1, 0.15) is 15.9 Å². The minimum atomic E-state index is -4.20. The predicted molar refractivity (Wildman–Crippen MR) is 120 cm³/mol. The number of carbonyl (C=O) groups excluding carboxylic acids is 1. The molecule has 0 spiro atoms. The lowest BCUT2D eigenvalue weighted by atomic mass is 10.2. The molecule has 0 fully saturated rings. The number of nitrogens with zero attached hydrogens (tertiary/aromatic N) is 2. The van der Waals surface area contributed by atoms with E-state index in [0.29, 0.717) is 11.3 Å². The Kier molecular flexibility index (Phi) is 7.36. The highest BCUT2D eigenvalue weighted by Gasteiger charge is 2.30. The van der Waals surface area contributed by atoms with Crippen LogP contribution in [0.15, 0.2) is 77.7 Å². The first-order valence-electron chi connectivity index (χ1n) is 9.46. The fourth-order valence-corrected chi connectivity index (χ4v) is 4.92. The van der Waals surface area contributed by atoms with Crippen molar-refractivity contribution in [3.63, 3.8) is 0 Å².